The zero-order valence-electron chi connectivity index (χ0n) is 43.6. The van der Waals surface area contributed by atoms with E-state index in [1.165, 1.54) is 128 Å². The quantitative estimate of drug-likeness (QED) is 0.0272. The summed E-state index contributed by atoms with van der Waals surface area (Å²) in [5, 5.41) is 14.0. The van der Waals surface area contributed by atoms with Gasteiger partial charge in [-0.15, -0.1) is 0 Å². The Morgan fingerprint density at radius 1 is 0.545 bits per heavy atom. The number of unbranched alkanes of at least 4 members (excludes halogenated alkanes) is 24. The first-order chi connectivity index (χ1) is 32.0. The van der Waals surface area contributed by atoms with Crippen molar-refractivity contribution in [2.75, 3.05) is 40.9 Å². The highest BCUT2D eigenvalue weighted by Crippen LogP contribution is 2.38. The van der Waals surface area contributed by atoms with Crippen molar-refractivity contribution in [1.82, 2.24) is 5.32 Å². The lowest BCUT2D eigenvalue weighted by molar-refractivity contribution is -0.870. The van der Waals surface area contributed by atoms with Crippen LogP contribution < -0.4 is 10.2 Å². The minimum Gasteiger partial charge on any atom is -0.756 e. The molecule has 3 unspecified atom stereocenters. The fourth-order valence-electron chi connectivity index (χ4n) is 7.69. The molecule has 3 atom stereocenters. The first kappa shape index (κ1) is 63.9. The largest absolute Gasteiger partial charge is 0.756 e. The Morgan fingerprint density at radius 3 is 1.32 bits per heavy atom. The molecular weight excluding hydrogens is 840 g/mol. The third-order valence-electron chi connectivity index (χ3n) is 12.0. The lowest BCUT2D eigenvalue weighted by Gasteiger charge is -2.30. The van der Waals surface area contributed by atoms with Crippen LogP contribution in [0.3, 0.4) is 0 Å². The number of quaternary nitrogens is 1. The fourth-order valence-corrected chi connectivity index (χ4v) is 8.41. The minimum atomic E-state index is -4.59. The van der Waals surface area contributed by atoms with E-state index in [1.54, 1.807) is 0 Å². The van der Waals surface area contributed by atoms with Crippen LogP contribution in [0.15, 0.2) is 72.9 Å². The summed E-state index contributed by atoms with van der Waals surface area (Å²) in [6.07, 6.45) is 65.0. The number of hydrogen-bond donors (Lipinski definition) is 2. The molecule has 0 aliphatic heterocycles. The van der Waals surface area contributed by atoms with Gasteiger partial charge < -0.3 is 28.8 Å². The van der Waals surface area contributed by atoms with Crippen LogP contribution in [0.5, 0.6) is 0 Å². The monoisotopic (exact) mass is 945 g/mol. The van der Waals surface area contributed by atoms with Crippen molar-refractivity contribution in [2.45, 2.75) is 244 Å². The number of aliphatic hydroxyl groups is 1. The van der Waals surface area contributed by atoms with E-state index in [2.05, 4.69) is 92.1 Å². The predicted molar refractivity (Wildman–Crippen MR) is 284 cm³/mol. The first-order valence-corrected chi connectivity index (χ1v) is 28.7. The number of allylic oxidation sites excluding steroid dienone is 12. The van der Waals surface area contributed by atoms with Crippen molar-refractivity contribution in [3.8, 4) is 0 Å². The minimum absolute atomic E-state index is 0.000129. The van der Waals surface area contributed by atoms with Gasteiger partial charge in [0, 0.05) is 6.42 Å². The second kappa shape index (κ2) is 48.0. The van der Waals surface area contributed by atoms with Crippen LogP contribution in [-0.2, 0) is 18.4 Å². The molecular formula is C57H105N2O6P. The Bertz CT molecular complexity index is 1300. The number of amides is 1. The highest BCUT2D eigenvalue weighted by molar-refractivity contribution is 7.45. The number of phosphoric ester groups is 1. The molecule has 1 amide bonds. The molecule has 0 radical (unpaired) electrons. The topological polar surface area (TPSA) is 108 Å². The number of carbonyl (C=O) groups is 1. The Hall–Kier alpha value is -2.06. The van der Waals surface area contributed by atoms with Gasteiger partial charge in [-0.05, 0) is 64.2 Å². The molecule has 0 aromatic heterocycles. The fraction of sp³-hybridized carbons (Fsp3) is 0.772. The van der Waals surface area contributed by atoms with Gasteiger partial charge in [-0.25, -0.2) is 0 Å². The molecule has 0 aliphatic rings. The van der Waals surface area contributed by atoms with Crippen LogP contribution >= 0.6 is 7.82 Å². The molecule has 0 saturated carbocycles. The van der Waals surface area contributed by atoms with E-state index in [1.807, 2.05) is 21.1 Å². The number of phosphoric acid groups is 1. The van der Waals surface area contributed by atoms with Gasteiger partial charge >= 0.3 is 0 Å². The van der Waals surface area contributed by atoms with Crippen LogP contribution in [0.4, 0.5) is 0 Å². The number of aliphatic hydroxyl groups excluding tert-OH is 1. The Balaban J connectivity index is 4.31. The van der Waals surface area contributed by atoms with Crippen LogP contribution in [0.2, 0.25) is 0 Å². The molecule has 9 heteroatoms. The van der Waals surface area contributed by atoms with Crippen LogP contribution in [0.1, 0.15) is 232 Å². The molecule has 0 heterocycles. The van der Waals surface area contributed by atoms with Crippen molar-refractivity contribution in [2.24, 2.45) is 0 Å². The third-order valence-corrected chi connectivity index (χ3v) is 12.9. The van der Waals surface area contributed by atoms with E-state index in [9.17, 15) is 19.4 Å². The maximum atomic E-state index is 12.9. The molecule has 2 N–H and O–H groups in total. The van der Waals surface area contributed by atoms with Crippen molar-refractivity contribution in [1.29, 1.82) is 0 Å². The van der Waals surface area contributed by atoms with Crippen molar-refractivity contribution in [3.05, 3.63) is 72.9 Å². The summed E-state index contributed by atoms with van der Waals surface area (Å²) < 4.78 is 23.4. The van der Waals surface area contributed by atoms with E-state index < -0.39 is 20.0 Å². The highest BCUT2D eigenvalue weighted by Gasteiger charge is 2.24. The number of carbonyl (C=O) groups excluding carboxylic acids is 1. The van der Waals surface area contributed by atoms with Gasteiger partial charge in [0.25, 0.3) is 7.82 Å². The highest BCUT2D eigenvalue weighted by atomic mass is 31.2. The maximum Gasteiger partial charge on any atom is 0.268 e. The molecule has 0 aliphatic carbocycles. The standard InChI is InChI=1S/C57H105N2O6P/c1-6-8-10-12-14-16-18-20-22-24-26-28-29-31-32-34-36-38-40-42-44-46-48-50-56(60)55(54-65-66(62,63)64-53-52-59(3,4)5)58-57(61)51-49-47-45-43-41-39-37-35-33-30-27-25-23-21-19-17-15-13-11-9-7-2/h9,11,15,17,21,23,27,30,35,37,41,43,55-56,60H,6-8,10,12-14,16,18-20,22,24-26,28-29,31-34,36,38-40,42,44-54H2,1-5H3,(H-,58,61,62,63)/b11-9-,17-15-,23-21-,30-27-,37-35-,43-41-. The summed E-state index contributed by atoms with van der Waals surface area (Å²) in [6.45, 7) is 4.58. The summed E-state index contributed by atoms with van der Waals surface area (Å²) in [7, 11) is 1.27. The van der Waals surface area contributed by atoms with Crippen LogP contribution in [0.25, 0.3) is 0 Å². The van der Waals surface area contributed by atoms with Gasteiger partial charge in [0.05, 0.1) is 39.9 Å². The van der Waals surface area contributed by atoms with Crippen molar-refractivity contribution in [3.63, 3.8) is 0 Å². The normalized spacial score (nSPS) is 14.6. The summed E-state index contributed by atoms with van der Waals surface area (Å²) in [5.41, 5.74) is 0. The van der Waals surface area contributed by atoms with E-state index in [0.717, 1.165) is 70.6 Å². The van der Waals surface area contributed by atoms with Gasteiger partial charge in [-0.3, -0.25) is 9.36 Å². The zero-order chi connectivity index (χ0) is 48.5. The predicted octanol–water partition coefficient (Wildman–Crippen LogP) is 15.7. The number of rotatable bonds is 49. The molecule has 0 aromatic carbocycles. The Labute approximate surface area is 408 Å². The SMILES string of the molecule is CC/C=C\C/C=C\C/C=C\C/C=C\C/C=C\C/C=C\CCCCC(=O)NC(COP(=O)([O-])OCC[N+](C)(C)C)C(O)CCCCCCCCCCCCCCCCCCCCCCCCC. The van der Waals surface area contributed by atoms with Crippen molar-refractivity contribution < 1.29 is 32.9 Å². The van der Waals surface area contributed by atoms with Gasteiger partial charge in [0.15, 0.2) is 0 Å². The second-order valence-corrected chi connectivity index (χ2v) is 21.0. The maximum absolute atomic E-state index is 12.9. The molecule has 0 spiro atoms. The smallest absolute Gasteiger partial charge is 0.268 e. The molecule has 0 saturated heterocycles. The molecule has 0 fully saturated rings. The number of hydrogen-bond acceptors (Lipinski definition) is 6. The van der Waals surface area contributed by atoms with Crippen LogP contribution in [0, 0.1) is 0 Å². The number of likely N-dealkylation sites (N-methyl/N-ethyl adjacent to an activating group) is 1. The lowest BCUT2D eigenvalue weighted by Crippen LogP contribution is -2.46. The summed E-state index contributed by atoms with van der Waals surface area (Å²) in [6, 6.07) is -0.829. The second-order valence-electron chi connectivity index (χ2n) is 19.6. The average Bonchev–Trinajstić information content (AvgIpc) is 3.28. The lowest BCUT2D eigenvalue weighted by atomic mass is 10.0. The zero-order valence-corrected chi connectivity index (χ0v) is 44.5. The number of nitrogens with one attached hydrogen (secondary N) is 1. The Morgan fingerprint density at radius 2 is 0.924 bits per heavy atom. The van der Waals surface area contributed by atoms with E-state index in [-0.39, 0.29) is 19.1 Å². The summed E-state index contributed by atoms with van der Waals surface area (Å²) in [5.74, 6) is -0.207. The molecule has 0 aromatic rings. The van der Waals surface area contributed by atoms with E-state index >= 15 is 0 Å². The molecule has 384 valence electrons. The molecule has 0 rings (SSSR count). The van der Waals surface area contributed by atoms with Gasteiger partial charge in [0.2, 0.25) is 5.91 Å². The molecule has 66 heavy (non-hydrogen) atoms. The Kier molecular flexibility index (Phi) is 46.5. The first-order valence-electron chi connectivity index (χ1n) is 27.3. The van der Waals surface area contributed by atoms with Crippen molar-refractivity contribution >= 4 is 13.7 Å². The summed E-state index contributed by atoms with van der Waals surface area (Å²) in [4.78, 5) is 25.5. The van der Waals surface area contributed by atoms with E-state index in [0.29, 0.717) is 30.3 Å². The number of nitrogens with zero attached hydrogens (tertiary/aromatic N) is 1. The van der Waals surface area contributed by atoms with Gasteiger partial charge in [-0.1, -0.05) is 234 Å². The van der Waals surface area contributed by atoms with Gasteiger partial charge in [0.1, 0.15) is 13.2 Å². The summed E-state index contributed by atoms with van der Waals surface area (Å²) >= 11 is 0. The average molecular weight is 945 g/mol. The van der Waals surface area contributed by atoms with Gasteiger partial charge in [-0.2, -0.15) is 0 Å². The van der Waals surface area contributed by atoms with Crippen LogP contribution in [-0.4, -0.2) is 68.5 Å². The molecule has 0 bridgehead atoms. The van der Waals surface area contributed by atoms with E-state index in [4.69, 9.17) is 9.05 Å². The third kappa shape index (κ3) is 49.8. The molecule has 8 nitrogen and oxygen atoms in total.